The van der Waals surface area contributed by atoms with E-state index in [4.69, 9.17) is 9.47 Å². The molecule has 4 rings (SSSR count). The van der Waals surface area contributed by atoms with Crippen LogP contribution in [-0.2, 0) is 4.79 Å². The van der Waals surface area contributed by atoms with Gasteiger partial charge in [0.25, 0.3) is 5.91 Å². The van der Waals surface area contributed by atoms with Crippen molar-refractivity contribution in [1.29, 1.82) is 0 Å². The Morgan fingerprint density at radius 3 is 2.21 bits per heavy atom. The molecule has 0 atom stereocenters. The van der Waals surface area contributed by atoms with Crippen LogP contribution in [0, 0.1) is 13.8 Å². The zero-order valence-corrected chi connectivity index (χ0v) is 16.5. The molecule has 1 aromatic heterocycles. The Bertz CT molecular complexity index is 926. The molecule has 28 heavy (non-hydrogen) atoms. The van der Waals surface area contributed by atoms with Gasteiger partial charge >= 0.3 is 0 Å². The van der Waals surface area contributed by atoms with Crippen molar-refractivity contribution < 1.29 is 19.1 Å². The van der Waals surface area contributed by atoms with Crippen LogP contribution in [0.25, 0.3) is 5.69 Å². The average molecular weight is 383 g/mol. The maximum absolute atomic E-state index is 13.1. The Kier molecular flexibility index (Phi) is 4.75. The zero-order chi connectivity index (χ0) is 19.8. The molecule has 3 heterocycles. The molecule has 1 fully saturated rings. The van der Waals surface area contributed by atoms with Crippen LogP contribution >= 0.6 is 0 Å². The lowest BCUT2D eigenvalue weighted by Crippen LogP contribution is -2.50. The van der Waals surface area contributed by atoms with Crippen LogP contribution in [-0.4, -0.2) is 65.6 Å². The average Bonchev–Trinajstić information content (AvgIpc) is 3.01. The Morgan fingerprint density at radius 2 is 1.54 bits per heavy atom. The number of carbonyl (C=O) groups is 2. The van der Waals surface area contributed by atoms with E-state index in [1.54, 1.807) is 11.8 Å². The van der Waals surface area contributed by atoms with Crippen molar-refractivity contribution in [2.75, 3.05) is 39.4 Å². The standard InChI is InChI=1S/C21H25N3O4/c1-14-12-18(21(26)23-8-6-22(7-9-23)16(3)25)15(2)24(14)17-4-5-19-20(13-17)28-11-10-27-19/h4-5,12-13H,6-11H2,1-3H3. The van der Waals surface area contributed by atoms with Crippen LogP contribution < -0.4 is 9.47 Å². The van der Waals surface area contributed by atoms with E-state index in [0.29, 0.717) is 45.0 Å². The van der Waals surface area contributed by atoms with E-state index in [1.165, 1.54) is 0 Å². The number of amides is 2. The monoisotopic (exact) mass is 383 g/mol. The summed E-state index contributed by atoms with van der Waals surface area (Å²) in [5.74, 6) is 1.55. The normalized spacial score (nSPS) is 16.2. The number of hydrogen-bond donors (Lipinski definition) is 0. The number of carbonyl (C=O) groups excluding carboxylic acids is 2. The lowest BCUT2D eigenvalue weighted by Gasteiger charge is -2.34. The number of aromatic nitrogens is 1. The SMILES string of the molecule is CC(=O)N1CCN(C(=O)c2cc(C)n(-c3ccc4c(c3)OCCO4)c2C)CC1. The third-order valence-electron chi connectivity index (χ3n) is 5.46. The number of aryl methyl sites for hydroxylation is 1. The lowest BCUT2D eigenvalue weighted by atomic mass is 10.2. The van der Waals surface area contributed by atoms with Crippen LogP contribution in [0.3, 0.4) is 0 Å². The fourth-order valence-electron chi connectivity index (χ4n) is 3.94. The first-order chi connectivity index (χ1) is 13.5. The number of piperazine rings is 1. The number of rotatable bonds is 2. The van der Waals surface area contributed by atoms with Gasteiger partial charge in [0.2, 0.25) is 5.91 Å². The minimum atomic E-state index is 0.0140. The highest BCUT2D eigenvalue weighted by atomic mass is 16.6. The Labute approximate surface area is 164 Å². The van der Waals surface area contributed by atoms with E-state index in [9.17, 15) is 9.59 Å². The largest absolute Gasteiger partial charge is 0.486 e. The van der Waals surface area contributed by atoms with Gasteiger partial charge in [0.1, 0.15) is 13.2 Å². The van der Waals surface area contributed by atoms with Crippen LogP contribution in [0.5, 0.6) is 11.5 Å². The maximum Gasteiger partial charge on any atom is 0.255 e. The molecule has 2 aliphatic heterocycles. The first-order valence-corrected chi connectivity index (χ1v) is 9.59. The number of benzene rings is 1. The molecular weight excluding hydrogens is 358 g/mol. The van der Waals surface area contributed by atoms with Gasteiger partial charge in [-0.25, -0.2) is 0 Å². The predicted octanol–water partition coefficient (Wildman–Crippen LogP) is 2.17. The van der Waals surface area contributed by atoms with E-state index >= 15 is 0 Å². The molecule has 0 saturated carbocycles. The minimum Gasteiger partial charge on any atom is -0.486 e. The molecule has 2 amide bonds. The summed E-state index contributed by atoms with van der Waals surface area (Å²) in [6.07, 6.45) is 0. The summed E-state index contributed by atoms with van der Waals surface area (Å²) in [5.41, 5.74) is 3.52. The molecule has 0 aliphatic carbocycles. The Morgan fingerprint density at radius 1 is 0.893 bits per heavy atom. The van der Waals surface area contributed by atoms with Gasteiger partial charge in [-0.1, -0.05) is 0 Å². The number of nitrogens with zero attached hydrogens (tertiary/aromatic N) is 3. The second-order valence-electron chi connectivity index (χ2n) is 7.25. The third-order valence-corrected chi connectivity index (χ3v) is 5.46. The summed E-state index contributed by atoms with van der Waals surface area (Å²) in [4.78, 5) is 28.2. The second kappa shape index (κ2) is 7.22. The van der Waals surface area contributed by atoms with E-state index < -0.39 is 0 Å². The predicted molar refractivity (Wildman–Crippen MR) is 104 cm³/mol. The van der Waals surface area contributed by atoms with Crippen molar-refractivity contribution in [3.8, 4) is 17.2 Å². The van der Waals surface area contributed by atoms with E-state index in [-0.39, 0.29) is 11.8 Å². The zero-order valence-electron chi connectivity index (χ0n) is 16.5. The van der Waals surface area contributed by atoms with E-state index in [0.717, 1.165) is 28.6 Å². The van der Waals surface area contributed by atoms with Crippen molar-refractivity contribution in [2.24, 2.45) is 0 Å². The molecule has 2 aromatic rings. The van der Waals surface area contributed by atoms with Gasteiger partial charge in [-0.3, -0.25) is 9.59 Å². The molecule has 1 saturated heterocycles. The first-order valence-electron chi connectivity index (χ1n) is 9.59. The minimum absolute atomic E-state index is 0.0140. The molecule has 0 spiro atoms. The number of hydrogen-bond acceptors (Lipinski definition) is 4. The smallest absolute Gasteiger partial charge is 0.255 e. The highest BCUT2D eigenvalue weighted by Crippen LogP contribution is 2.33. The van der Waals surface area contributed by atoms with Crippen molar-refractivity contribution in [3.05, 3.63) is 41.2 Å². The molecule has 0 N–H and O–H groups in total. The lowest BCUT2D eigenvalue weighted by molar-refractivity contribution is -0.130. The Hall–Kier alpha value is -2.96. The fourth-order valence-corrected chi connectivity index (χ4v) is 3.94. The second-order valence-corrected chi connectivity index (χ2v) is 7.25. The van der Waals surface area contributed by atoms with Crippen LogP contribution in [0.15, 0.2) is 24.3 Å². The third kappa shape index (κ3) is 3.21. The van der Waals surface area contributed by atoms with Gasteiger partial charge in [-0.05, 0) is 32.0 Å². The van der Waals surface area contributed by atoms with Gasteiger partial charge in [-0.2, -0.15) is 0 Å². The van der Waals surface area contributed by atoms with Crippen LogP contribution in [0.2, 0.25) is 0 Å². The molecule has 1 aromatic carbocycles. The summed E-state index contributed by atoms with van der Waals surface area (Å²) >= 11 is 0. The summed E-state index contributed by atoms with van der Waals surface area (Å²) in [6.45, 7) is 8.91. The maximum atomic E-state index is 13.1. The number of ether oxygens (including phenoxy) is 2. The van der Waals surface area contributed by atoms with Gasteiger partial charge in [0.15, 0.2) is 11.5 Å². The summed E-state index contributed by atoms with van der Waals surface area (Å²) in [7, 11) is 0. The van der Waals surface area contributed by atoms with E-state index in [1.807, 2.05) is 43.0 Å². The molecule has 0 unspecified atom stereocenters. The van der Waals surface area contributed by atoms with Crippen molar-refractivity contribution in [3.63, 3.8) is 0 Å². The van der Waals surface area contributed by atoms with Crippen molar-refractivity contribution in [1.82, 2.24) is 14.4 Å². The molecular formula is C21H25N3O4. The van der Waals surface area contributed by atoms with Crippen LogP contribution in [0.1, 0.15) is 28.7 Å². The molecule has 7 nitrogen and oxygen atoms in total. The van der Waals surface area contributed by atoms with Crippen molar-refractivity contribution in [2.45, 2.75) is 20.8 Å². The summed E-state index contributed by atoms with van der Waals surface area (Å²) in [5, 5.41) is 0. The quantitative estimate of drug-likeness (QED) is 0.797. The molecule has 0 bridgehead atoms. The molecule has 7 heteroatoms. The topological polar surface area (TPSA) is 64.0 Å². The van der Waals surface area contributed by atoms with Crippen LogP contribution in [0.4, 0.5) is 0 Å². The fraction of sp³-hybridized carbons (Fsp3) is 0.429. The van der Waals surface area contributed by atoms with Crippen molar-refractivity contribution >= 4 is 11.8 Å². The Balaban J connectivity index is 1.59. The van der Waals surface area contributed by atoms with Gasteiger partial charge in [-0.15, -0.1) is 0 Å². The molecule has 0 radical (unpaired) electrons. The van der Waals surface area contributed by atoms with Gasteiger partial charge in [0, 0.05) is 56.2 Å². The van der Waals surface area contributed by atoms with Gasteiger partial charge < -0.3 is 23.8 Å². The highest BCUT2D eigenvalue weighted by molar-refractivity contribution is 5.96. The first kappa shape index (κ1) is 18.4. The summed E-state index contributed by atoms with van der Waals surface area (Å²) < 4.78 is 13.4. The highest BCUT2D eigenvalue weighted by Gasteiger charge is 2.26. The van der Waals surface area contributed by atoms with E-state index in [2.05, 4.69) is 4.57 Å². The molecule has 148 valence electrons. The van der Waals surface area contributed by atoms with Gasteiger partial charge in [0.05, 0.1) is 5.56 Å². The summed E-state index contributed by atoms with van der Waals surface area (Å²) in [6, 6.07) is 7.78. The number of fused-ring (bicyclic) bond motifs is 1. The molecule has 2 aliphatic rings.